The molecule has 2 aromatic rings. The molecule has 47 heavy (non-hydrogen) atoms. The van der Waals surface area contributed by atoms with Crippen molar-refractivity contribution in [2.75, 3.05) is 38.7 Å². The molecule has 1 aliphatic carbocycles. The Balaban J connectivity index is 1.62. The first kappa shape index (κ1) is 37.1. The molecule has 0 saturated heterocycles. The lowest BCUT2D eigenvalue weighted by atomic mass is 9.88. The summed E-state index contributed by atoms with van der Waals surface area (Å²) in [6.45, 7) is 6.03. The molecule has 10 nitrogen and oxygen atoms in total. The maximum Gasteiger partial charge on any atom is 0.258 e. The number of likely N-dealkylation sites (N-methyl/N-ethyl adjacent to an activating group) is 1. The minimum Gasteiger partial charge on any atom is -0.490 e. The van der Waals surface area contributed by atoms with Gasteiger partial charge in [-0.2, -0.15) is 4.31 Å². The van der Waals surface area contributed by atoms with Gasteiger partial charge in [0.15, 0.2) is 0 Å². The summed E-state index contributed by atoms with van der Waals surface area (Å²) >= 11 is 5.99. The van der Waals surface area contributed by atoms with Gasteiger partial charge in [0.05, 0.1) is 35.3 Å². The number of nitrogens with zero attached hydrogens (tertiary/aromatic N) is 2. The smallest absolute Gasteiger partial charge is 0.258 e. The van der Waals surface area contributed by atoms with Gasteiger partial charge >= 0.3 is 0 Å². The van der Waals surface area contributed by atoms with E-state index in [2.05, 4.69) is 5.32 Å². The summed E-state index contributed by atoms with van der Waals surface area (Å²) in [5, 5.41) is 13.7. The number of fused-ring (bicyclic) bond motifs is 1. The average Bonchev–Trinajstić information content (AvgIpc) is 3.06. The van der Waals surface area contributed by atoms with Gasteiger partial charge in [0.1, 0.15) is 5.75 Å². The summed E-state index contributed by atoms with van der Waals surface area (Å²) in [5.74, 6) is -0.336. The van der Waals surface area contributed by atoms with Gasteiger partial charge in [0.25, 0.3) is 5.91 Å². The van der Waals surface area contributed by atoms with Crippen molar-refractivity contribution >= 4 is 39.1 Å². The third-order valence-corrected chi connectivity index (χ3v) is 11.3. The standard InChI is InChI=1S/C35H50ClN3O7S/c1-24-21-39(25(2)23-40)35(42)31-20-29(37-34(41)27-11-6-5-7-12-27)15-18-32(31)46-26(3)10-8-9-19-45-33(24)22-38(4)47(43,44)30-16-13-28(36)14-17-30/h13-18,20,24-27,33,40H,5-12,19,21-23H2,1-4H3,(H,37,41)/t24-,25+,26+,33-/m0/s1. The van der Waals surface area contributed by atoms with Gasteiger partial charge in [0.2, 0.25) is 15.9 Å². The summed E-state index contributed by atoms with van der Waals surface area (Å²) in [6.07, 6.45) is 6.47. The Labute approximate surface area is 284 Å². The van der Waals surface area contributed by atoms with Crippen molar-refractivity contribution in [3.05, 3.63) is 53.1 Å². The van der Waals surface area contributed by atoms with Gasteiger partial charge in [-0.15, -0.1) is 0 Å². The Bertz CT molecular complexity index is 1450. The lowest BCUT2D eigenvalue weighted by molar-refractivity contribution is -0.120. The molecule has 0 spiro atoms. The van der Waals surface area contributed by atoms with Crippen molar-refractivity contribution in [3.8, 4) is 5.75 Å². The van der Waals surface area contributed by atoms with Gasteiger partial charge in [0, 0.05) is 49.3 Å². The number of benzene rings is 2. The van der Waals surface area contributed by atoms with Crippen LogP contribution in [0.1, 0.15) is 82.5 Å². The lowest BCUT2D eigenvalue weighted by Crippen LogP contribution is -2.48. The Morgan fingerprint density at radius 3 is 2.43 bits per heavy atom. The highest BCUT2D eigenvalue weighted by atomic mass is 35.5. The molecular formula is C35H50ClN3O7S. The van der Waals surface area contributed by atoms with Crippen LogP contribution in [0.5, 0.6) is 5.75 Å². The monoisotopic (exact) mass is 691 g/mol. The first-order valence-corrected chi connectivity index (χ1v) is 18.6. The van der Waals surface area contributed by atoms with Crippen molar-refractivity contribution in [1.82, 2.24) is 9.21 Å². The molecule has 4 rings (SSSR count). The van der Waals surface area contributed by atoms with Crippen LogP contribution < -0.4 is 10.1 Å². The molecule has 0 aromatic heterocycles. The molecule has 2 aromatic carbocycles. The summed E-state index contributed by atoms with van der Waals surface area (Å²) in [7, 11) is -2.32. The fourth-order valence-corrected chi connectivity index (χ4v) is 7.52. The molecule has 4 atom stereocenters. The quantitative estimate of drug-likeness (QED) is 0.349. The molecule has 260 valence electrons. The third kappa shape index (κ3) is 9.92. The molecule has 1 aliphatic heterocycles. The highest BCUT2D eigenvalue weighted by Crippen LogP contribution is 2.30. The van der Waals surface area contributed by atoms with E-state index in [-0.39, 0.29) is 54.3 Å². The van der Waals surface area contributed by atoms with Crippen LogP contribution in [0.25, 0.3) is 0 Å². The predicted molar refractivity (Wildman–Crippen MR) is 183 cm³/mol. The Morgan fingerprint density at radius 2 is 1.74 bits per heavy atom. The van der Waals surface area contributed by atoms with Crippen LogP contribution in [0.15, 0.2) is 47.4 Å². The number of halogens is 1. The van der Waals surface area contributed by atoms with Crippen LogP contribution in [0.2, 0.25) is 5.02 Å². The number of rotatable bonds is 8. The number of hydrogen-bond donors (Lipinski definition) is 2. The van der Waals surface area contributed by atoms with Gasteiger partial charge in [-0.3, -0.25) is 9.59 Å². The van der Waals surface area contributed by atoms with E-state index in [9.17, 15) is 23.1 Å². The third-order valence-electron chi connectivity index (χ3n) is 9.25. The van der Waals surface area contributed by atoms with Gasteiger partial charge in [-0.05, 0) is 88.4 Å². The summed E-state index contributed by atoms with van der Waals surface area (Å²) in [5.41, 5.74) is 0.813. The maximum atomic E-state index is 14.4. The van der Waals surface area contributed by atoms with Crippen LogP contribution in [0.4, 0.5) is 5.69 Å². The number of ether oxygens (including phenoxy) is 2. The number of aliphatic hydroxyl groups excluding tert-OH is 1. The van der Waals surface area contributed by atoms with E-state index >= 15 is 0 Å². The zero-order chi connectivity index (χ0) is 34.1. The van der Waals surface area contributed by atoms with Crippen molar-refractivity contribution in [1.29, 1.82) is 0 Å². The second-order valence-corrected chi connectivity index (χ2v) is 15.6. The molecule has 2 amide bonds. The number of amides is 2. The molecule has 1 fully saturated rings. The average molecular weight is 692 g/mol. The van der Waals surface area contributed by atoms with Crippen LogP contribution in [-0.2, 0) is 19.6 Å². The zero-order valence-corrected chi connectivity index (χ0v) is 29.6. The summed E-state index contributed by atoms with van der Waals surface area (Å²) < 4.78 is 40.7. The molecule has 1 saturated carbocycles. The van der Waals surface area contributed by atoms with Crippen molar-refractivity contribution < 1.29 is 32.6 Å². The number of hydrogen-bond acceptors (Lipinski definition) is 7. The Hall–Kier alpha value is -2.70. The predicted octanol–water partition coefficient (Wildman–Crippen LogP) is 5.98. The van der Waals surface area contributed by atoms with Gasteiger partial charge in [-0.1, -0.05) is 37.8 Å². The fourth-order valence-electron chi connectivity index (χ4n) is 6.21. The Morgan fingerprint density at radius 1 is 1.06 bits per heavy atom. The van der Waals surface area contributed by atoms with Crippen LogP contribution in [-0.4, -0.2) is 86.1 Å². The van der Waals surface area contributed by atoms with E-state index < -0.39 is 22.2 Å². The normalized spacial score (nSPS) is 23.0. The van der Waals surface area contributed by atoms with Crippen LogP contribution >= 0.6 is 11.6 Å². The highest BCUT2D eigenvalue weighted by molar-refractivity contribution is 7.89. The van der Waals surface area contributed by atoms with E-state index in [1.807, 2.05) is 13.8 Å². The van der Waals surface area contributed by atoms with E-state index in [1.165, 1.54) is 35.6 Å². The molecule has 1 heterocycles. The molecule has 0 bridgehead atoms. The number of carbonyl (C=O) groups excluding carboxylic acids is 2. The lowest BCUT2D eigenvalue weighted by Gasteiger charge is -2.35. The molecule has 0 radical (unpaired) electrons. The molecule has 12 heteroatoms. The zero-order valence-electron chi connectivity index (χ0n) is 28.0. The van der Waals surface area contributed by atoms with Gasteiger partial charge in [-0.25, -0.2) is 8.42 Å². The fraction of sp³-hybridized carbons (Fsp3) is 0.600. The number of anilines is 1. The Kier molecular flexibility index (Phi) is 13.5. The topological polar surface area (TPSA) is 125 Å². The maximum absolute atomic E-state index is 14.4. The largest absolute Gasteiger partial charge is 0.490 e. The summed E-state index contributed by atoms with van der Waals surface area (Å²) in [6, 6.07) is 10.6. The molecule has 2 N–H and O–H groups in total. The second-order valence-electron chi connectivity index (χ2n) is 13.1. The second kappa shape index (κ2) is 17.1. The van der Waals surface area contributed by atoms with Crippen LogP contribution in [0, 0.1) is 11.8 Å². The highest BCUT2D eigenvalue weighted by Gasteiger charge is 2.33. The minimum absolute atomic E-state index is 0.0425. The SMILES string of the molecule is C[C@@H]1CCCCO[C@@H](CN(C)S(=O)(=O)c2ccc(Cl)cc2)[C@@H](C)CN([C@H](C)CO)C(=O)c2cc(NC(=O)C3CCCCC3)ccc2O1. The molecule has 0 unspecified atom stereocenters. The number of aliphatic hydroxyl groups is 1. The van der Waals surface area contributed by atoms with E-state index in [4.69, 9.17) is 21.1 Å². The van der Waals surface area contributed by atoms with Crippen LogP contribution in [0.3, 0.4) is 0 Å². The molecule has 2 aliphatic rings. The number of nitrogens with one attached hydrogen (secondary N) is 1. The number of carbonyl (C=O) groups is 2. The van der Waals surface area contributed by atoms with Crippen molar-refractivity contribution in [2.45, 2.75) is 95.3 Å². The van der Waals surface area contributed by atoms with Gasteiger partial charge < -0.3 is 24.8 Å². The first-order valence-electron chi connectivity index (χ1n) is 16.8. The summed E-state index contributed by atoms with van der Waals surface area (Å²) in [4.78, 5) is 29.1. The first-order chi connectivity index (χ1) is 22.4. The van der Waals surface area contributed by atoms with E-state index in [0.717, 1.165) is 51.4 Å². The molecular weight excluding hydrogens is 642 g/mol. The van der Waals surface area contributed by atoms with E-state index in [1.54, 1.807) is 30.0 Å². The van der Waals surface area contributed by atoms with Crippen molar-refractivity contribution in [2.24, 2.45) is 11.8 Å². The van der Waals surface area contributed by atoms with E-state index in [0.29, 0.717) is 28.6 Å². The minimum atomic E-state index is -3.83. The van der Waals surface area contributed by atoms with Crippen molar-refractivity contribution in [3.63, 3.8) is 0 Å². The number of sulfonamides is 1.